The highest BCUT2D eigenvalue weighted by Crippen LogP contribution is 2.30. The number of nitrogens with zero attached hydrogens (tertiary/aromatic N) is 1. The number of phenolic OH excluding ortho intramolecular Hbond substituents is 2. The van der Waals surface area contributed by atoms with Crippen LogP contribution in [0.4, 0.5) is 0 Å². The normalized spacial score (nSPS) is 11.5. The molecule has 5 heteroatoms. The van der Waals surface area contributed by atoms with Crippen molar-refractivity contribution in [2.45, 2.75) is 25.8 Å². The Morgan fingerprint density at radius 1 is 1.21 bits per heavy atom. The first-order chi connectivity index (χ1) is 8.82. The third-order valence-electron chi connectivity index (χ3n) is 3.10. The predicted octanol–water partition coefficient (Wildman–Crippen LogP) is 1.93. The number of carboxylic acid groups (broad SMARTS) is 1. The van der Waals surface area contributed by atoms with E-state index in [-0.39, 0.29) is 17.9 Å². The van der Waals surface area contributed by atoms with Crippen LogP contribution in [0.3, 0.4) is 0 Å². The van der Waals surface area contributed by atoms with E-state index in [0.717, 1.165) is 13.0 Å². The van der Waals surface area contributed by atoms with Crippen molar-refractivity contribution in [3.63, 3.8) is 0 Å². The van der Waals surface area contributed by atoms with Crippen LogP contribution < -0.4 is 0 Å². The van der Waals surface area contributed by atoms with Crippen LogP contribution in [0.2, 0.25) is 0 Å². The zero-order chi connectivity index (χ0) is 14.5. The van der Waals surface area contributed by atoms with Crippen molar-refractivity contribution in [2.24, 2.45) is 0 Å². The molecule has 1 aromatic carbocycles. The Morgan fingerprint density at radius 2 is 1.89 bits per heavy atom. The van der Waals surface area contributed by atoms with Crippen LogP contribution >= 0.6 is 0 Å². The number of hydrogen-bond donors (Lipinski definition) is 3. The summed E-state index contributed by atoms with van der Waals surface area (Å²) in [7, 11) is 4.04. The Morgan fingerprint density at radius 3 is 2.53 bits per heavy atom. The molecule has 0 unspecified atom stereocenters. The van der Waals surface area contributed by atoms with Crippen LogP contribution in [-0.2, 0) is 11.3 Å². The van der Waals surface area contributed by atoms with Crippen molar-refractivity contribution in [1.82, 2.24) is 0 Å². The van der Waals surface area contributed by atoms with Crippen LogP contribution in [0.25, 0.3) is 0 Å². The van der Waals surface area contributed by atoms with Gasteiger partial charge in [0.05, 0.1) is 26.2 Å². The Bertz CT molecular complexity index is 443. The summed E-state index contributed by atoms with van der Waals surface area (Å²) in [5, 5.41) is 27.8. The lowest BCUT2D eigenvalue weighted by molar-refractivity contribution is -0.903. The summed E-state index contributed by atoms with van der Waals surface area (Å²) in [6, 6.07) is 4.94. The summed E-state index contributed by atoms with van der Waals surface area (Å²) < 4.78 is 0.636. The minimum atomic E-state index is -0.768. The number of unbranched alkanes of at least 4 members (excludes halogenated alkanes) is 1. The van der Waals surface area contributed by atoms with Crippen LogP contribution in [0, 0.1) is 0 Å². The number of quaternary nitrogens is 1. The summed E-state index contributed by atoms with van der Waals surface area (Å²) in [6.07, 6.45) is 1.67. The Kier molecular flexibility index (Phi) is 5.18. The first kappa shape index (κ1) is 15.3. The number of rotatable bonds is 7. The molecule has 5 nitrogen and oxygen atoms in total. The van der Waals surface area contributed by atoms with E-state index in [4.69, 9.17) is 5.11 Å². The van der Waals surface area contributed by atoms with Gasteiger partial charge in [0.1, 0.15) is 6.54 Å². The molecule has 3 N–H and O–H groups in total. The van der Waals surface area contributed by atoms with Crippen molar-refractivity contribution < 1.29 is 24.6 Å². The number of phenols is 2. The van der Waals surface area contributed by atoms with Crippen LogP contribution in [0.5, 0.6) is 11.5 Å². The molecule has 0 aliphatic carbocycles. The van der Waals surface area contributed by atoms with Crippen molar-refractivity contribution >= 4 is 5.97 Å². The molecule has 0 fully saturated rings. The molecule has 19 heavy (non-hydrogen) atoms. The van der Waals surface area contributed by atoms with Gasteiger partial charge in [-0.2, -0.15) is 0 Å². The van der Waals surface area contributed by atoms with E-state index >= 15 is 0 Å². The van der Waals surface area contributed by atoms with Gasteiger partial charge in [-0.25, -0.2) is 0 Å². The second-order valence-electron chi connectivity index (χ2n) is 5.45. The van der Waals surface area contributed by atoms with E-state index < -0.39 is 5.97 Å². The summed E-state index contributed by atoms with van der Waals surface area (Å²) in [6.45, 7) is 1.41. The van der Waals surface area contributed by atoms with Gasteiger partial charge in [0.15, 0.2) is 11.5 Å². The number of benzene rings is 1. The summed E-state index contributed by atoms with van der Waals surface area (Å²) >= 11 is 0. The van der Waals surface area contributed by atoms with Gasteiger partial charge in [-0.15, -0.1) is 0 Å². The first-order valence-electron chi connectivity index (χ1n) is 6.35. The average molecular weight is 268 g/mol. The van der Waals surface area contributed by atoms with Gasteiger partial charge >= 0.3 is 5.97 Å². The lowest BCUT2D eigenvalue weighted by Crippen LogP contribution is -2.39. The molecule has 0 saturated carbocycles. The fraction of sp³-hybridized carbons (Fsp3) is 0.500. The molecule has 1 aromatic rings. The summed E-state index contributed by atoms with van der Waals surface area (Å²) in [5.74, 6) is -0.946. The van der Waals surface area contributed by atoms with Gasteiger partial charge in [-0.1, -0.05) is 6.07 Å². The minimum absolute atomic E-state index is 0.0702. The van der Waals surface area contributed by atoms with Gasteiger partial charge < -0.3 is 19.8 Å². The van der Waals surface area contributed by atoms with Gasteiger partial charge in [-0.3, -0.25) is 4.79 Å². The largest absolute Gasteiger partial charge is 0.504 e. The van der Waals surface area contributed by atoms with Crippen LogP contribution in [0.15, 0.2) is 18.2 Å². The molecule has 0 amide bonds. The molecule has 0 aliphatic rings. The monoisotopic (exact) mass is 268 g/mol. The van der Waals surface area contributed by atoms with Crippen LogP contribution in [-0.4, -0.2) is 46.4 Å². The van der Waals surface area contributed by atoms with E-state index in [0.29, 0.717) is 23.0 Å². The van der Waals surface area contributed by atoms with E-state index in [1.807, 2.05) is 14.1 Å². The van der Waals surface area contributed by atoms with E-state index in [2.05, 4.69) is 0 Å². The molecule has 0 radical (unpaired) electrons. The minimum Gasteiger partial charge on any atom is -0.504 e. The SMILES string of the molecule is C[N+](C)(CCCCC(=O)O)Cc1cccc(O)c1O. The van der Waals surface area contributed by atoms with E-state index in [1.165, 1.54) is 6.07 Å². The number of aliphatic carboxylic acids is 1. The second-order valence-corrected chi connectivity index (χ2v) is 5.45. The molecule has 106 valence electrons. The molecule has 0 aromatic heterocycles. The van der Waals surface area contributed by atoms with Crippen molar-refractivity contribution in [3.05, 3.63) is 23.8 Å². The molecule has 0 atom stereocenters. The summed E-state index contributed by atoms with van der Waals surface area (Å²) in [5.41, 5.74) is 0.697. The molecule has 0 aliphatic heterocycles. The number of carboxylic acids is 1. The zero-order valence-corrected chi connectivity index (χ0v) is 11.5. The molecular formula is C14H22NO4+. The fourth-order valence-electron chi connectivity index (χ4n) is 2.06. The molecular weight excluding hydrogens is 246 g/mol. The zero-order valence-electron chi connectivity index (χ0n) is 11.5. The average Bonchev–Trinajstić information content (AvgIpc) is 2.30. The highest BCUT2D eigenvalue weighted by atomic mass is 16.4. The third kappa shape index (κ3) is 5.18. The smallest absolute Gasteiger partial charge is 0.303 e. The van der Waals surface area contributed by atoms with Crippen molar-refractivity contribution in [3.8, 4) is 11.5 Å². The molecule has 0 spiro atoms. The third-order valence-corrected chi connectivity index (χ3v) is 3.10. The maximum Gasteiger partial charge on any atom is 0.303 e. The van der Waals surface area contributed by atoms with E-state index in [9.17, 15) is 15.0 Å². The van der Waals surface area contributed by atoms with Crippen molar-refractivity contribution in [2.75, 3.05) is 20.6 Å². The standard InChI is InChI=1S/C14H21NO4/c1-15(2,9-4-3-8-13(17)18)10-11-6-5-7-12(16)14(11)19/h5-7H,3-4,8-10H2,1-2H3,(H2-,16,17,18,19)/p+1. The molecule has 1 rings (SSSR count). The Balaban J connectivity index is 2.54. The number of hydrogen-bond acceptors (Lipinski definition) is 3. The molecule has 0 bridgehead atoms. The quantitative estimate of drug-likeness (QED) is 0.401. The fourth-order valence-corrected chi connectivity index (χ4v) is 2.06. The lowest BCUT2D eigenvalue weighted by Gasteiger charge is -2.30. The number of carbonyl (C=O) groups is 1. The second kappa shape index (κ2) is 6.43. The number of para-hydroxylation sites is 1. The van der Waals surface area contributed by atoms with Gasteiger partial charge in [0.25, 0.3) is 0 Å². The van der Waals surface area contributed by atoms with Gasteiger partial charge in [0.2, 0.25) is 0 Å². The predicted molar refractivity (Wildman–Crippen MR) is 71.9 cm³/mol. The van der Waals surface area contributed by atoms with E-state index in [1.54, 1.807) is 12.1 Å². The van der Waals surface area contributed by atoms with Gasteiger partial charge in [-0.05, 0) is 25.0 Å². The maximum atomic E-state index is 10.4. The maximum absolute atomic E-state index is 10.4. The lowest BCUT2D eigenvalue weighted by atomic mass is 10.1. The summed E-state index contributed by atoms with van der Waals surface area (Å²) in [4.78, 5) is 10.4. The highest BCUT2D eigenvalue weighted by Gasteiger charge is 2.19. The number of aromatic hydroxyl groups is 2. The van der Waals surface area contributed by atoms with Crippen molar-refractivity contribution in [1.29, 1.82) is 0 Å². The molecule has 0 heterocycles. The first-order valence-corrected chi connectivity index (χ1v) is 6.35. The topological polar surface area (TPSA) is 77.8 Å². The Hall–Kier alpha value is -1.75. The Labute approximate surface area is 113 Å². The van der Waals surface area contributed by atoms with Gasteiger partial charge in [0, 0.05) is 6.42 Å². The highest BCUT2D eigenvalue weighted by molar-refractivity contribution is 5.66. The molecule has 0 saturated heterocycles. The van der Waals surface area contributed by atoms with Crippen LogP contribution in [0.1, 0.15) is 24.8 Å².